The molecule has 35 heavy (non-hydrogen) atoms. The Hall–Kier alpha value is -3.30. The molecule has 0 saturated carbocycles. The minimum atomic E-state index is -0.517. The number of carbonyl (C=O) groups is 3. The number of anilines is 1. The number of aromatic nitrogens is 2. The molecule has 2 aliphatic rings. The third kappa shape index (κ3) is 6.04. The smallest absolute Gasteiger partial charge is 0.410 e. The van der Waals surface area contributed by atoms with E-state index in [9.17, 15) is 14.4 Å². The van der Waals surface area contributed by atoms with E-state index in [1.165, 1.54) is 0 Å². The molecule has 0 aromatic carbocycles. The average Bonchev–Trinajstić information content (AvgIpc) is 3.47. The lowest BCUT2D eigenvalue weighted by Gasteiger charge is -2.35. The van der Waals surface area contributed by atoms with Crippen LogP contribution in [0.4, 0.5) is 10.6 Å². The number of piperidine rings is 2. The molecule has 0 aliphatic carbocycles. The topological polar surface area (TPSA) is 110 Å². The van der Waals surface area contributed by atoms with Crippen molar-refractivity contribution in [1.29, 1.82) is 0 Å². The van der Waals surface area contributed by atoms with Crippen LogP contribution in [0, 0.1) is 12.8 Å². The van der Waals surface area contributed by atoms with Gasteiger partial charge in [-0.2, -0.15) is 0 Å². The van der Waals surface area contributed by atoms with Crippen molar-refractivity contribution in [3.05, 3.63) is 35.9 Å². The zero-order valence-corrected chi connectivity index (χ0v) is 21.0. The van der Waals surface area contributed by atoms with E-state index >= 15 is 0 Å². The fraction of sp³-hybridized carbons (Fsp3) is 0.600. The Balaban J connectivity index is 1.30. The van der Waals surface area contributed by atoms with Gasteiger partial charge in [0.05, 0.1) is 0 Å². The third-order valence-electron chi connectivity index (χ3n) is 6.54. The van der Waals surface area contributed by atoms with Gasteiger partial charge in [-0.05, 0) is 65.5 Å². The van der Waals surface area contributed by atoms with Crippen LogP contribution in [0.2, 0.25) is 0 Å². The number of amides is 3. The monoisotopic (exact) mass is 485 g/mol. The number of hydrogen-bond donors (Lipinski definition) is 1. The molecule has 190 valence electrons. The standard InChI is InChI=1S/C25H35N5O5/c1-17-16-21(27-35-17)26-22(31)18-7-12-28(13-8-18)23(32)20-6-5-11-30(20)19-9-14-29(15-10-19)24(33)34-25(2,3)4/h5-6,11,16,18-19H,7-10,12-15H2,1-4H3,(H,26,27,31). The van der Waals surface area contributed by atoms with E-state index in [-0.39, 0.29) is 29.9 Å². The molecule has 3 amide bonds. The van der Waals surface area contributed by atoms with Crippen molar-refractivity contribution in [3.63, 3.8) is 0 Å². The van der Waals surface area contributed by atoms with Crippen LogP contribution in [-0.4, -0.2) is 69.2 Å². The average molecular weight is 486 g/mol. The highest BCUT2D eigenvalue weighted by molar-refractivity contribution is 5.94. The molecule has 2 aromatic heterocycles. The highest BCUT2D eigenvalue weighted by Crippen LogP contribution is 2.27. The molecule has 10 nitrogen and oxygen atoms in total. The highest BCUT2D eigenvalue weighted by atomic mass is 16.6. The molecule has 1 N–H and O–H groups in total. The molecule has 2 aliphatic heterocycles. The van der Waals surface area contributed by atoms with Crippen LogP contribution in [0.1, 0.15) is 68.7 Å². The maximum atomic E-state index is 13.3. The maximum Gasteiger partial charge on any atom is 0.410 e. The van der Waals surface area contributed by atoms with E-state index in [0.717, 1.165) is 12.8 Å². The Kier molecular flexibility index (Phi) is 7.18. The van der Waals surface area contributed by atoms with E-state index in [4.69, 9.17) is 9.26 Å². The summed E-state index contributed by atoms with van der Waals surface area (Å²) in [6.45, 7) is 9.60. The number of aryl methyl sites for hydroxylation is 1. The van der Waals surface area contributed by atoms with Crippen molar-refractivity contribution in [2.75, 3.05) is 31.5 Å². The molecule has 2 aromatic rings. The predicted octanol–water partition coefficient (Wildman–Crippen LogP) is 3.85. The van der Waals surface area contributed by atoms with Crippen molar-refractivity contribution in [3.8, 4) is 0 Å². The van der Waals surface area contributed by atoms with Gasteiger partial charge in [0.15, 0.2) is 5.82 Å². The number of rotatable bonds is 4. The SMILES string of the molecule is Cc1cc(NC(=O)C2CCN(C(=O)c3cccn3C3CCN(C(=O)OC(C)(C)C)CC3)CC2)no1. The summed E-state index contributed by atoms with van der Waals surface area (Å²) in [6.07, 6.45) is 4.38. The Labute approximate surface area is 205 Å². The summed E-state index contributed by atoms with van der Waals surface area (Å²) < 4.78 is 12.5. The first-order chi connectivity index (χ1) is 16.6. The van der Waals surface area contributed by atoms with Gasteiger partial charge in [-0.3, -0.25) is 9.59 Å². The minimum Gasteiger partial charge on any atom is -0.444 e. The Morgan fingerprint density at radius 2 is 1.71 bits per heavy atom. The molecule has 4 heterocycles. The summed E-state index contributed by atoms with van der Waals surface area (Å²) in [5.74, 6) is 0.780. The summed E-state index contributed by atoms with van der Waals surface area (Å²) in [5, 5.41) is 6.60. The molecule has 0 unspecified atom stereocenters. The van der Waals surface area contributed by atoms with Crippen LogP contribution in [0.3, 0.4) is 0 Å². The van der Waals surface area contributed by atoms with Crippen LogP contribution in [0.5, 0.6) is 0 Å². The van der Waals surface area contributed by atoms with Gasteiger partial charge in [0.2, 0.25) is 5.91 Å². The van der Waals surface area contributed by atoms with E-state index < -0.39 is 5.60 Å². The summed E-state index contributed by atoms with van der Waals surface area (Å²) in [5.41, 5.74) is 0.138. The number of likely N-dealkylation sites (tertiary alicyclic amines) is 2. The van der Waals surface area contributed by atoms with Crippen molar-refractivity contribution < 1.29 is 23.6 Å². The lowest BCUT2D eigenvalue weighted by molar-refractivity contribution is -0.121. The summed E-state index contributed by atoms with van der Waals surface area (Å²) in [4.78, 5) is 41.8. The van der Waals surface area contributed by atoms with Crippen LogP contribution >= 0.6 is 0 Å². The Bertz CT molecular complexity index is 1050. The van der Waals surface area contributed by atoms with Gasteiger partial charge in [0.25, 0.3) is 5.91 Å². The van der Waals surface area contributed by atoms with Crippen molar-refractivity contribution in [1.82, 2.24) is 19.5 Å². The molecule has 0 spiro atoms. The Morgan fingerprint density at radius 1 is 1.06 bits per heavy atom. The fourth-order valence-electron chi connectivity index (χ4n) is 4.71. The van der Waals surface area contributed by atoms with Gasteiger partial charge in [-0.1, -0.05) is 5.16 Å². The quantitative estimate of drug-likeness (QED) is 0.704. The molecule has 10 heteroatoms. The van der Waals surface area contributed by atoms with Gasteiger partial charge >= 0.3 is 6.09 Å². The first-order valence-electron chi connectivity index (χ1n) is 12.3. The van der Waals surface area contributed by atoms with Crippen LogP contribution in [-0.2, 0) is 9.53 Å². The second-order valence-electron chi connectivity index (χ2n) is 10.4. The maximum absolute atomic E-state index is 13.3. The Morgan fingerprint density at radius 3 is 2.31 bits per heavy atom. The molecule has 0 bridgehead atoms. The molecule has 0 atom stereocenters. The summed E-state index contributed by atoms with van der Waals surface area (Å²) in [7, 11) is 0. The number of carbonyl (C=O) groups excluding carboxylic acids is 3. The van der Waals surface area contributed by atoms with Gasteiger partial charge in [-0.25, -0.2) is 4.79 Å². The van der Waals surface area contributed by atoms with E-state index in [0.29, 0.717) is 56.3 Å². The zero-order valence-electron chi connectivity index (χ0n) is 21.0. The van der Waals surface area contributed by atoms with Crippen LogP contribution in [0.25, 0.3) is 0 Å². The molecular formula is C25H35N5O5. The van der Waals surface area contributed by atoms with Gasteiger partial charge in [-0.15, -0.1) is 0 Å². The second kappa shape index (κ2) is 10.1. The van der Waals surface area contributed by atoms with E-state index in [1.54, 1.807) is 17.9 Å². The molecule has 0 radical (unpaired) electrons. The summed E-state index contributed by atoms with van der Waals surface area (Å²) in [6, 6.07) is 5.58. The van der Waals surface area contributed by atoms with Gasteiger partial charge in [0, 0.05) is 50.4 Å². The lowest BCUT2D eigenvalue weighted by atomic mass is 9.95. The largest absolute Gasteiger partial charge is 0.444 e. The van der Waals surface area contributed by atoms with E-state index in [1.807, 2.05) is 48.6 Å². The van der Waals surface area contributed by atoms with Gasteiger partial charge < -0.3 is 28.9 Å². The predicted molar refractivity (Wildman–Crippen MR) is 129 cm³/mol. The van der Waals surface area contributed by atoms with E-state index in [2.05, 4.69) is 10.5 Å². The molecular weight excluding hydrogens is 450 g/mol. The summed E-state index contributed by atoms with van der Waals surface area (Å²) >= 11 is 0. The van der Waals surface area contributed by atoms with Crippen molar-refractivity contribution >= 4 is 23.7 Å². The van der Waals surface area contributed by atoms with Crippen LogP contribution < -0.4 is 5.32 Å². The fourth-order valence-corrected chi connectivity index (χ4v) is 4.71. The third-order valence-corrected chi connectivity index (χ3v) is 6.54. The first-order valence-corrected chi connectivity index (χ1v) is 12.3. The first kappa shape index (κ1) is 24.8. The lowest BCUT2D eigenvalue weighted by Crippen LogP contribution is -2.43. The normalized spacial score (nSPS) is 17.9. The number of ether oxygens (including phenoxy) is 1. The number of nitrogens with zero attached hydrogens (tertiary/aromatic N) is 4. The molecule has 4 rings (SSSR count). The number of nitrogens with one attached hydrogen (secondary N) is 1. The van der Waals surface area contributed by atoms with Crippen molar-refractivity contribution in [2.24, 2.45) is 5.92 Å². The highest BCUT2D eigenvalue weighted by Gasteiger charge is 2.32. The van der Waals surface area contributed by atoms with Crippen molar-refractivity contribution in [2.45, 2.75) is 65.0 Å². The molecule has 2 saturated heterocycles. The minimum absolute atomic E-state index is 0.0180. The second-order valence-corrected chi connectivity index (χ2v) is 10.4. The zero-order chi connectivity index (χ0) is 25.2. The van der Waals surface area contributed by atoms with Crippen LogP contribution in [0.15, 0.2) is 28.9 Å². The van der Waals surface area contributed by atoms with Gasteiger partial charge in [0.1, 0.15) is 17.1 Å². The molecule has 2 fully saturated rings. The number of hydrogen-bond acceptors (Lipinski definition) is 6.